The van der Waals surface area contributed by atoms with Crippen molar-refractivity contribution in [3.05, 3.63) is 27.9 Å². The number of anilines is 1. The number of rotatable bonds is 5. The number of aliphatic carboxylic acids is 1. The molecule has 8 heteroatoms. The van der Waals surface area contributed by atoms with Gasteiger partial charge in [-0.05, 0) is 0 Å². The number of carboxylic acid groups (broad SMARTS) is 1. The van der Waals surface area contributed by atoms with Gasteiger partial charge in [-0.15, -0.1) is 0 Å². The Labute approximate surface area is 102 Å². The third-order valence-corrected chi connectivity index (χ3v) is 2.20. The zero-order chi connectivity index (χ0) is 13.7. The second-order valence-corrected chi connectivity index (χ2v) is 3.50. The highest BCUT2D eigenvalue weighted by Gasteiger charge is 2.20. The normalized spacial score (nSPS) is 9.56. The molecule has 0 unspecified atom stereocenters. The lowest BCUT2D eigenvalue weighted by Gasteiger charge is -2.16. The van der Waals surface area contributed by atoms with Crippen molar-refractivity contribution in [2.75, 3.05) is 18.5 Å². The number of hydrogen-bond donors (Lipinski definition) is 1. The Balaban J connectivity index is 3.04. The average molecular weight is 250 g/mol. The second kappa shape index (κ2) is 5.58. The molecule has 0 fully saturated rings. The lowest BCUT2D eigenvalue weighted by molar-refractivity contribution is -0.384. The molecule has 1 heterocycles. The maximum absolute atomic E-state index is 10.8. The predicted octanol–water partition coefficient (Wildman–Crippen LogP) is 0.772. The molecule has 0 aliphatic rings. The van der Waals surface area contributed by atoms with Gasteiger partial charge in [0.25, 0.3) is 0 Å². The maximum Gasteiger partial charge on any atom is 0.312 e. The smallest absolute Gasteiger partial charge is 0.312 e. The summed E-state index contributed by atoms with van der Waals surface area (Å²) >= 11 is 0. The van der Waals surface area contributed by atoms with Crippen molar-refractivity contribution >= 4 is 17.5 Å². The van der Waals surface area contributed by atoms with E-state index in [0.717, 1.165) is 6.07 Å². The van der Waals surface area contributed by atoms with Crippen LogP contribution in [-0.2, 0) is 4.79 Å². The summed E-state index contributed by atoms with van der Waals surface area (Å²) < 4.78 is 0. The van der Waals surface area contributed by atoms with Crippen molar-refractivity contribution in [3.63, 3.8) is 0 Å². The fourth-order valence-electron chi connectivity index (χ4n) is 1.30. The average Bonchev–Trinajstić information content (AvgIpc) is 2.34. The van der Waals surface area contributed by atoms with E-state index < -0.39 is 10.9 Å². The van der Waals surface area contributed by atoms with Crippen LogP contribution in [0.5, 0.6) is 0 Å². The van der Waals surface area contributed by atoms with Crippen LogP contribution in [0.15, 0.2) is 12.3 Å². The largest absolute Gasteiger partial charge is 0.481 e. The molecule has 0 amide bonds. The standard InChI is InChI=1S/C10H10N4O4/c1-13(3-2-9(15)16)10-8(14(17)18)4-7(5-11)6-12-10/h4,6H,2-3H2,1H3,(H,15,16). The molecule has 0 aromatic carbocycles. The van der Waals surface area contributed by atoms with Crippen molar-refractivity contribution in [1.82, 2.24) is 4.98 Å². The number of nitrogens with zero attached hydrogens (tertiary/aromatic N) is 4. The van der Waals surface area contributed by atoms with Gasteiger partial charge in [0, 0.05) is 25.9 Å². The van der Waals surface area contributed by atoms with Crippen LogP contribution in [-0.4, -0.2) is 34.6 Å². The molecule has 0 radical (unpaired) electrons. The SMILES string of the molecule is CN(CCC(=O)O)c1ncc(C#N)cc1[N+](=O)[O-]. The first-order valence-electron chi connectivity index (χ1n) is 4.93. The zero-order valence-corrected chi connectivity index (χ0v) is 9.53. The number of nitro groups is 1. The predicted molar refractivity (Wildman–Crippen MR) is 61.1 cm³/mol. The highest BCUT2D eigenvalue weighted by molar-refractivity contribution is 5.68. The van der Waals surface area contributed by atoms with Crippen molar-refractivity contribution in [1.29, 1.82) is 5.26 Å². The van der Waals surface area contributed by atoms with E-state index in [1.54, 1.807) is 6.07 Å². The van der Waals surface area contributed by atoms with Crippen LogP contribution in [0.1, 0.15) is 12.0 Å². The molecule has 0 saturated carbocycles. The van der Waals surface area contributed by atoms with Crippen molar-refractivity contribution in [2.45, 2.75) is 6.42 Å². The molecule has 18 heavy (non-hydrogen) atoms. The molecule has 0 atom stereocenters. The highest BCUT2D eigenvalue weighted by atomic mass is 16.6. The number of aromatic nitrogens is 1. The van der Waals surface area contributed by atoms with Crippen molar-refractivity contribution in [3.8, 4) is 6.07 Å². The first-order chi connectivity index (χ1) is 8.45. The Morgan fingerprint density at radius 1 is 1.72 bits per heavy atom. The molecular weight excluding hydrogens is 240 g/mol. The second-order valence-electron chi connectivity index (χ2n) is 3.50. The lowest BCUT2D eigenvalue weighted by Crippen LogP contribution is -2.23. The minimum atomic E-state index is -1.00. The topological polar surface area (TPSA) is 120 Å². The summed E-state index contributed by atoms with van der Waals surface area (Å²) in [6, 6.07) is 2.87. The van der Waals surface area contributed by atoms with Gasteiger partial charge < -0.3 is 10.0 Å². The number of carboxylic acids is 1. The molecule has 0 saturated heterocycles. The molecule has 1 N–H and O–H groups in total. The van der Waals surface area contributed by atoms with Crippen LogP contribution in [0.25, 0.3) is 0 Å². The van der Waals surface area contributed by atoms with E-state index in [9.17, 15) is 14.9 Å². The van der Waals surface area contributed by atoms with Gasteiger partial charge in [0.05, 0.1) is 16.9 Å². The summed E-state index contributed by atoms with van der Waals surface area (Å²) in [4.78, 5) is 25.8. The van der Waals surface area contributed by atoms with Crippen LogP contribution < -0.4 is 4.90 Å². The third kappa shape index (κ3) is 3.15. The fourth-order valence-corrected chi connectivity index (χ4v) is 1.30. The quantitative estimate of drug-likeness (QED) is 0.605. The van der Waals surface area contributed by atoms with E-state index in [-0.39, 0.29) is 30.0 Å². The molecule has 1 aromatic heterocycles. The summed E-state index contributed by atoms with van der Waals surface area (Å²) in [6.07, 6.45) is 1.05. The van der Waals surface area contributed by atoms with Crippen molar-refractivity contribution < 1.29 is 14.8 Å². The van der Waals surface area contributed by atoms with Crippen molar-refractivity contribution in [2.24, 2.45) is 0 Å². The van der Waals surface area contributed by atoms with Gasteiger partial charge in [0.2, 0.25) is 5.82 Å². The fraction of sp³-hybridized carbons (Fsp3) is 0.300. The van der Waals surface area contributed by atoms with E-state index in [1.165, 1.54) is 18.1 Å². The molecule has 0 aliphatic heterocycles. The van der Waals surface area contributed by atoms with Crippen LogP contribution in [0, 0.1) is 21.4 Å². The number of carbonyl (C=O) groups is 1. The van der Waals surface area contributed by atoms with E-state index in [2.05, 4.69) is 4.98 Å². The van der Waals surface area contributed by atoms with Crippen LogP contribution >= 0.6 is 0 Å². The summed E-state index contributed by atoms with van der Waals surface area (Å²) in [5, 5.41) is 28.0. The Morgan fingerprint density at radius 3 is 2.89 bits per heavy atom. The molecule has 1 aromatic rings. The van der Waals surface area contributed by atoms with Gasteiger partial charge in [0.15, 0.2) is 0 Å². The summed E-state index contributed by atoms with van der Waals surface area (Å²) in [5.74, 6) is -0.960. The summed E-state index contributed by atoms with van der Waals surface area (Å²) in [7, 11) is 1.50. The summed E-state index contributed by atoms with van der Waals surface area (Å²) in [6.45, 7) is 0.0923. The van der Waals surface area contributed by atoms with E-state index >= 15 is 0 Å². The molecule has 0 spiro atoms. The Bertz CT molecular complexity index is 523. The lowest BCUT2D eigenvalue weighted by atomic mass is 10.2. The first kappa shape index (κ1) is 13.4. The molecule has 0 bridgehead atoms. The van der Waals surface area contributed by atoms with Gasteiger partial charge in [-0.1, -0.05) is 0 Å². The molecular formula is C10H10N4O4. The molecule has 1 rings (SSSR count). The third-order valence-electron chi connectivity index (χ3n) is 2.20. The van der Waals surface area contributed by atoms with Gasteiger partial charge in [-0.2, -0.15) is 5.26 Å². The first-order valence-corrected chi connectivity index (χ1v) is 4.93. The van der Waals surface area contributed by atoms with Gasteiger partial charge >= 0.3 is 11.7 Å². The van der Waals surface area contributed by atoms with E-state index in [0.29, 0.717) is 0 Å². The van der Waals surface area contributed by atoms with Gasteiger partial charge in [0.1, 0.15) is 6.07 Å². The van der Waals surface area contributed by atoms with E-state index in [4.69, 9.17) is 10.4 Å². The van der Waals surface area contributed by atoms with E-state index in [1.807, 2.05) is 0 Å². The summed E-state index contributed by atoms with van der Waals surface area (Å²) in [5.41, 5.74) is -0.237. The Hall–Kier alpha value is -2.69. The number of pyridine rings is 1. The van der Waals surface area contributed by atoms with Gasteiger partial charge in [-0.25, -0.2) is 4.98 Å². The minimum absolute atomic E-state index is 0.0419. The number of nitriles is 1. The van der Waals surface area contributed by atoms with Gasteiger partial charge in [-0.3, -0.25) is 14.9 Å². The molecule has 8 nitrogen and oxygen atoms in total. The Kier molecular flexibility index (Phi) is 4.15. The minimum Gasteiger partial charge on any atom is -0.481 e. The number of hydrogen-bond acceptors (Lipinski definition) is 6. The zero-order valence-electron chi connectivity index (χ0n) is 9.53. The van der Waals surface area contributed by atoms with Crippen LogP contribution in [0.3, 0.4) is 0 Å². The molecule has 94 valence electrons. The highest BCUT2D eigenvalue weighted by Crippen LogP contribution is 2.25. The molecule has 0 aliphatic carbocycles. The Morgan fingerprint density at radius 2 is 2.39 bits per heavy atom. The van der Waals surface area contributed by atoms with Crippen LogP contribution in [0.2, 0.25) is 0 Å². The monoisotopic (exact) mass is 250 g/mol. The maximum atomic E-state index is 10.8. The van der Waals surface area contributed by atoms with Crippen LogP contribution in [0.4, 0.5) is 11.5 Å².